The van der Waals surface area contributed by atoms with Gasteiger partial charge in [-0.15, -0.1) is 0 Å². The molecule has 0 spiro atoms. The molecule has 0 radical (unpaired) electrons. The standard InChI is InChI=1S/C11H15ClN4O.C2H6/c1-7-5-8(12)3-4-9(7)11(17)15-10(13)6-16(2)14;1-2/h3-6H,13-14H2,1-2H3,(H,15,17);1-2H3/b10-6+;. The maximum Gasteiger partial charge on any atom is 0.257 e. The van der Waals surface area contributed by atoms with Crippen LogP contribution in [0.3, 0.4) is 0 Å². The molecule has 19 heavy (non-hydrogen) atoms. The maximum absolute atomic E-state index is 11.8. The van der Waals surface area contributed by atoms with E-state index in [-0.39, 0.29) is 11.7 Å². The van der Waals surface area contributed by atoms with E-state index in [1.165, 1.54) is 11.2 Å². The summed E-state index contributed by atoms with van der Waals surface area (Å²) in [6.07, 6.45) is 1.41. The number of nitrogens with one attached hydrogen (secondary N) is 1. The van der Waals surface area contributed by atoms with Gasteiger partial charge in [-0.25, -0.2) is 5.84 Å². The van der Waals surface area contributed by atoms with E-state index < -0.39 is 0 Å². The molecule has 0 unspecified atom stereocenters. The van der Waals surface area contributed by atoms with E-state index >= 15 is 0 Å². The zero-order valence-corrected chi connectivity index (χ0v) is 12.5. The van der Waals surface area contributed by atoms with E-state index in [1.807, 2.05) is 13.8 Å². The first-order valence-electron chi connectivity index (χ1n) is 5.92. The number of hydrazine groups is 1. The molecule has 0 bridgehead atoms. The van der Waals surface area contributed by atoms with Crippen LogP contribution in [0.1, 0.15) is 29.8 Å². The first-order chi connectivity index (χ1) is 8.90. The van der Waals surface area contributed by atoms with Gasteiger partial charge >= 0.3 is 0 Å². The number of hydrogen-bond acceptors (Lipinski definition) is 4. The number of carbonyl (C=O) groups is 1. The minimum absolute atomic E-state index is 0.175. The summed E-state index contributed by atoms with van der Waals surface area (Å²) in [5, 5.41) is 4.36. The highest BCUT2D eigenvalue weighted by atomic mass is 35.5. The summed E-state index contributed by atoms with van der Waals surface area (Å²) in [7, 11) is 1.60. The van der Waals surface area contributed by atoms with Crippen molar-refractivity contribution in [3.05, 3.63) is 46.4 Å². The lowest BCUT2D eigenvalue weighted by atomic mass is 10.1. The molecule has 0 saturated heterocycles. The summed E-state index contributed by atoms with van der Waals surface area (Å²) in [5.41, 5.74) is 6.87. The molecule has 1 amide bonds. The lowest BCUT2D eigenvalue weighted by molar-refractivity contribution is 0.0964. The fraction of sp³-hybridized carbons (Fsp3) is 0.308. The van der Waals surface area contributed by atoms with Crippen LogP contribution >= 0.6 is 11.6 Å². The number of nitrogens with two attached hydrogens (primary N) is 2. The fourth-order valence-electron chi connectivity index (χ4n) is 1.33. The van der Waals surface area contributed by atoms with Crippen molar-refractivity contribution < 1.29 is 4.79 Å². The normalized spacial score (nSPS) is 10.3. The summed E-state index contributed by atoms with van der Waals surface area (Å²) < 4.78 is 0. The third-order valence-electron chi connectivity index (χ3n) is 2.03. The third-order valence-corrected chi connectivity index (χ3v) is 2.27. The Hall–Kier alpha value is -1.72. The number of aryl methyl sites for hydroxylation is 1. The minimum atomic E-state index is -0.297. The molecule has 0 aliphatic carbocycles. The maximum atomic E-state index is 11.8. The predicted octanol–water partition coefficient (Wildman–Crippen LogP) is 1.97. The Morgan fingerprint density at radius 3 is 2.47 bits per heavy atom. The lowest BCUT2D eigenvalue weighted by Crippen LogP contribution is -2.31. The molecule has 0 aliphatic heterocycles. The molecular formula is C13H21ClN4O. The van der Waals surface area contributed by atoms with Crippen molar-refractivity contribution in [1.82, 2.24) is 10.3 Å². The molecule has 0 aliphatic rings. The highest BCUT2D eigenvalue weighted by Gasteiger charge is 2.09. The van der Waals surface area contributed by atoms with Crippen molar-refractivity contribution in [2.45, 2.75) is 20.8 Å². The van der Waals surface area contributed by atoms with Gasteiger partial charge in [-0.2, -0.15) is 0 Å². The van der Waals surface area contributed by atoms with Gasteiger partial charge in [0.05, 0.1) is 6.20 Å². The van der Waals surface area contributed by atoms with Crippen LogP contribution in [0, 0.1) is 6.92 Å². The molecule has 0 heterocycles. The van der Waals surface area contributed by atoms with Crippen molar-refractivity contribution in [2.24, 2.45) is 11.6 Å². The quantitative estimate of drug-likeness (QED) is 0.585. The molecule has 0 atom stereocenters. The summed E-state index contributed by atoms with van der Waals surface area (Å²) in [5.74, 6) is 5.24. The van der Waals surface area contributed by atoms with E-state index in [9.17, 15) is 4.79 Å². The molecule has 0 aromatic heterocycles. The fourth-order valence-corrected chi connectivity index (χ4v) is 1.56. The molecule has 1 aromatic carbocycles. The second-order valence-electron chi connectivity index (χ2n) is 3.66. The monoisotopic (exact) mass is 284 g/mol. The average Bonchev–Trinajstić information content (AvgIpc) is 2.29. The highest BCUT2D eigenvalue weighted by Crippen LogP contribution is 2.15. The molecular weight excluding hydrogens is 264 g/mol. The summed E-state index contributed by atoms with van der Waals surface area (Å²) in [6.45, 7) is 5.80. The number of carbonyl (C=O) groups excluding carboxylic acids is 1. The topological polar surface area (TPSA) is 84.4 Å². The molecule has 1 rings (SSSR count). The number of amides is 1. The first-order valence-corrected chi connectivity index (χ1v) is 6.30. The van der Waals surface area contributed by atoms with Gasteiger partial charge in [-0.05, 0) is 30.7 Å². The van der Waals surface area contributed by atoms with Gasteiger partial charge in [0.25, 0.3) is 5.91 Å². The lowest BCUT2D eigenvalue weighted by Gasteiger charge is -2.10. The summed E-state index contributed by atoms with van der Waals surface area (Å²) >= 11 is 5.81. The number of benzene rings is 1. The Bertz CT molecular complexity index is 458. The van der Waals surface area contributed by atoms with E-state index in [1.54, 1.807) is 32.2 Å². The second-order valence-corrected chi connectivity index (χ2v) is 4.10. The molecule has 106 valence electrons. The van der Waals surface area contributed by atoms with Crippen molar-refractivity contribution in [2.75, 3.05) is 7.05 Å². The molecule has 0 saturated carbocycles. The number of hydrogen-bond donors (Lipinski definition) is 3. The first kappa shape index (κ1) is 17.3. The Labute approximate surface area is 119 Å². The van der Waals surface area contributed by atoms with Crippen LogP contribution in [0.15, 0.2) is 30.2 Å². The molecule has 6 heteroatoms. The van der Waals surface area contributed by atoms with E-state index in [2.05, 4.69) is 5.32 Å². The Morgan fingerprint density at radius 1 is 1.42 bits per heavy atom. The van der Waals surface area contributed by atoms with Gasteiger partial charge in [0.2, 0.25) is 0 Å². The van der Waals surface area contributed by atoms with E-state index in [0.717, 1.165) is 5.56 Å². The van der Waals surface area contributed by atoms with Crippen molar-refractivity contribution >= 4 is 17.5 Å². The summed E-state index contributed by atoms with van der Waals surface area (Å²) in [4.78, 5) is 11.8. The number of rotatable bonds is 3. The van der Waals surface area contributed by atoms with Crippen LogP contribution in [0.25, 0.3) is 0 Å². The Kier molecular flexibility index (Phi) is 7.63. The van der Waals surface area contributed by atoms with E-state index in [4.69, 9.17) is 23.2 Å². The number of halogens is 1. The Morgan fingerprint density at radius 2 is 2.00 bits per heavy atom. The van der Waals surface area contributed by atoms with Gasteiger partial charge < -0.3 is 16.1 Å². The SMILES string of the molecule is CC.Cc1cc(Cl)ccc1C(=O)N/C(N)=C/N(C)N. The Balaban J connectivity index is 0.00000154. The molecule has 1 aromatic rings. The van der Waals surface area contributed by atoms with E-state index in [0.29, 0.717) is 10.6 Å². The number of nitrogens with zero attached hydrogens (tertiary/aromatic N) is 1. The smallest absolute Gasteiger partial charge is 0.257 e. The van der Waals surface area contributed by atoms with Crippen LogP contribution in [0.2, 0.25) is 5.02 Å². The minimum Gasteiger partial charge on any atom is -0.384 e. The molecule has 5 N–H and O–H groups in total. The average molecular weight is 285 g/mol. The van der Waals surface area contributed by atoms with Crippen LogP contribution in [0.5, 0.6) is 0 Å². The van der Waals surface area contributed by atoms with Gasteiger partial charge in [0.1, 0.15) is 5.82 Å². The van der Waals surface area contributed by atoms with Crippen LogP contribution in [-0.4, -0.2) is 18.0 Å². The van der Waals surface area contributed by atoms with Gasteiger partial charge in [0, 0.05) is 17.6 Å². The van der Waals surface area contributed by atoms with Crippen LogP contribution < -0.4 is 16.9 Å². The predicted molar refractivity (Wildman–Crippen MR) is 79.2 cm³/mol. The summed E-state index contributed by atoms with van der Waals surface area (Å²) in [6, 6.07) is 5.01. The molecule has 5 nitrogen and oxygen atoms in total. The highest BCUT2D eigenvalue weighted by molar-refractivity contribution is 6.30. The van der Waals surface area contributed by atoms with Gasteiger partial charge in [0.15, 0.2) is 0 Å². The third kappa shape index (κ3) is 6.13. The van der Waals surface area contributed by atoms with Crippen LogP contribution in [-0.2, 0) is 0 Å². The van der Waals surface area contributed by atoms with Crippen molar-refractivity contribution in [3.63, 3.8) is 0 Å². The zero-order valence-electron chi connectivity index (χ0n) is 11.7. The van der Waals surface area contributed by atoms with Gasteiger partial charge in [-0.3, -0.25) is 4.79 Å². The largest absolute Gasteiger partial charge is 0.384 e. The second kappa shape index (κ2) is 8.39. The molecule has 0 fully saturated rings. The van der Waals surface area contributed by atoms with Crippen LogP contribution in [0.4, 0.5) is 0 Å². The van der Waals surface area contributed by atoms with Crippen molar-refractivity contribution in [1.29, 1.82) is 0 Å². The van der Waals surface area contributed by atoms with Crippen molar-refractivity contribution in [3.8, 4) is 0 Å². The zero-order chi connectivity index (χ0) is 15.0. The van der Waals surface area contributed by atoms with Gasteiger partial charge in [-0.1, -0.05) is 25.4 Å².